The van der Waals surface area contributed by atoms with Gasteiger partial charge in [-0.2, -0.15) is 0 Å². The number of hydrogen-bond acceptors (Lipinski definition) is 1. The second-order valence-electron chi connectivity index (χ2n) is 7.20. The van der Waals surface area contributed by atoms with Gasteiger partial charge in [0.2, 0.25) is 0 Å². The molecule has 0 radical (unpaired) electrons. The fourth-order valence-corrected chi connectivity index (χ4v) is 5.32. The summed E-state index contributed by atoms with van der Waals surface area (Å²) >= 11 is 0. The van der Waals surface area contributed by atoms with E-state index < -0.39 is 0 Å². The van der Waals surface area contributed by atoms with Gasteiger partial charge in [0.1, 0.15) is 0 Å². The van der Waals surface area contributed by atoms with Crippen molar-refractivity contribution in [2.75, 3.05) is 13.7 Å². The first-order valence-electron chi connectivity index (χ1n) is 7.20. The number of rotatable bonds is 2. The maximum Gasteiger partial charge on any atom is 0.0496 e. The number of fused-ring (bicyclic) bond motifs is 1. The zero-order valence-corrected chi connectivity index (χ0v) is 11.6. The first kappa shape index (κ1) is 11.8. The van der Waals surface area contributed by atoms with Gasteiger partial charge in [-0.3, -0.25) is 0 Å². The van der Waals surface area contributed by atoms with Gasteiger partial charge in [-0.25, -0.2) is 0 Å². The molecule has 0 saturated heterocycles. The van der Waals surface area contributed by atoms with Crippen LogP contribution in [0.15, 0.2) is 12.2 Å². The van der Waals surface area contributed by atoms with Crippen molar-refractivity contribution in [3.8, 4) is 0 Å². The zero-order chi connectivity index (χ0) is 12.3. The highest BCUT2D eigenvalue weighted by Crippen LogP contribution is 2.70. The molecule has 1 nitrogen and oxygen atoms in total. The molecule has 1 heteroatoms. The quantitative estimate of drug-likeness (QED) is 0.655. The second kappa shape index (κ2) is 3.60. The van der Waals surface area contributed by atoms with E-state index in [2.05, 4.69) is 20.4 Å². The lowest BCUT2D eigenvalue weighted by molar-refractivity contribution is 0.0360. The fourth-order valence-electron chi connectivity index (χ4n) is 5.32. The molecule has 17 heavy (non-hydrogen) atoms. The van der Waals surface area contributed by atoms with Gasteiger partial charge in [-0.15, -0.1) is 0 Å². The standard InChI is InChI=1S/C16H26O/c1-11-14-6-5-13(10-17-4)16(14)8-7-12(9-16)15(11,2)3/h12-14H,1,5-10H2,2-4H3/t12-,13-,14?,16+/m1/s1. The van der Waals surface area contributed by atoms with Crippen molar-refractivity contribution >= 4 is 0 Å². The molecule has 0 aliphatic heterocycles. The lowest BCUT2D eigenvalue weighted by atomic mass is 9.56. The van der Waals surface area contributed by atoms with Gasteiger partial charge in [-0.05, 0) is 60.7 Å². The molecular formula is C16H26O. The molecule has 3 aliphatic carbocycles. The van der Waals surface area contributed by atoms with Crippen molar-refractivity contribution < 1.29 is 4.74 Å². The molecule has 0 aromatic rings. The Hall–Kier alpha value is -0.300. The molecule has 0 N–H and O–H groups in total. The Balaban J connectivity index is 1.96. The zero-order valence-electron chi connectivity index (χ0n) is 11.6. The summed E-state index contributed by atoms with van der Waals surface area (Å²) in [5.74, 6) is 2.47. The summed E-state index contributed by atoms with van der Waals surface area (Å²) in [6, 6.07) is 0. The van der Waals surface area contributed by atoms with Crippen LogP contribution in [0, 0.1) is 28.6 Å². The van der Waals surface area contributed by atoms with Crippen molar-refractivity contribution in [3.63, 3.8) is 0 Å². The summed E-state index contributed by atoms with van der Waals surface area (Å²) in [4.78, 5) is 0. The fraction of sp³-hybridized carbons (Fsp3) is 0.875. The van der Waals surface area contributed by atoms with Crippen LogP contribution >= 0.6 is 0 Å². The highest BCUT2D eigenvalue weighted by atomic mass is 16.5. The number of methoxy groups -OCH3 is 1. The third-order valence-electron chi connectivity index (χ3n) is 6.53. The summed E-state index contributed by atoms with van der Waals surface area (Å²) in [6.07, 6.45) is 7.02. The maximum absolute atomic E-state index is 5.48. The number of hydrogen-bond donors (Lipinski definition) is 0. The molecule has 3 rings (SSSR count). The lowest BCUT2D eigenvalue weighted by Gasteiger charge is -2.49. The molecule has 0 aromatic heterocycles. The van der Waals surface area contributed by atoms with Crippen molar-refractivity contribution in [1.82, 2.24) is 0 Å². The Bertz CT molecular complexity index is 343. The number of ether oxygens (including phenoxy) is 1. The van der Waals surface area contributed by atoms with Gasteiger partial charge >= 0.3 is 0 Å². The van der Waals surface area contributed by atoms with Crippen LogP contribution in [0.3, 0.4) is 0 Å². The minimum absolute atomic E-state index is 0.382. The molecule has 3 saturated carbocycles. The van der Waals surface area contributed by atoms with E-state index in [1.165, 1.54) is 32.1 Å². The minimum atomic E-state index is 0.382. The summed E-state index contributed by atoms with van der Waals surface area (Å²) in [7, 11) is 1.86. The molecule has 4 atom stereocenters. The van der Waals surface area contributed by atoms with Gasteiger partial charge < -0.3 is 4.74 Å². The van der Waals surface area contributed by atoms with Crippen LogP contribution in [0.5, 0.6) is 0 Å². The topological polar surface area (TPSA) is 9.23 Å². The van der Waals surface area contributed by atoms with Gasteiger partial charge in [0.25, 0.3) is 0 Å². The Kier molecular flexibility index (Phi) is 2.49. The van der Waals surface area contributed by atoms with E-state index >= 15 is 0 Å². The molecule has 3 fully saturated rings. The van der Waals surface area contributed by atoms with E-state index in [1.54, 1.807) is 5.57 Å². The van der Waals surface area contributed by atoms with Crippen molar-refractivity contribution in [1.29, 1.82) is 0 Å². The van der Waals surface area contributed by atoms with Gasteiger partial charge in [-0.1, -0.05) is 26.0 Å². The van der Waals surface area contributed by atoms with Crippen LogP contribution in [0.25, 0.3) is 0 Å². The SMILES string of the molecule is C=C1C2CC[C@H](COC)[C@@]23CC[C@H](C3)C1(C)C. The van der Waals surface area contributed by atoms with Crippen molar-refractivity contribution in [2.24, 2.45) is 28.6 Å². The van der Waals surface area contributed by atoms with E-state index in [9.17, 15) is 0 Å². The molecule has 96 valence electrons. The molecular weight excluding hydrogens is 208 g/mol. The van der Waals surface area contributed by atoms with Gasteiger partial charge in [0.05, 0.1) is 0 Å². The average molecular weight is 234 g/mol. The molecule has 1 unspecified atom stereocenters. The monoisotopic (exact) mass is 234 g/mol. The van der Waals surface area contributed by atoms with Gasteiger partial charge in [0.15, 0.2) is 0 Å². The third kappa shape index (κ3) is 1.35. The minimum Gasteiger partial charge on any atom is -0.384 e. The number of allylic oxidation sites excluding steroid dienone is 1. The molecule has 2 bridgehead atoms. The molecule has 3 aliphatic rings. The Labute approximate surface area is 106 Å². The van der Waals surface area contributed by atoms with Crippen molar-refractivity contribution in [3.05, 3.63) is 12.2 Å². The average Bonchev–Trinajstić information content (AvgIpc) is 2.84. The molecule has 0 aromatic carbocycles. The highest BCUT2D eigenvalue weighted by molar-refractivity contribution is 5.27. The largest absolute Gasteiger partial charge is 0.384 e. The summed E-state index contributed by atoms with van der Waals surface area (Å²) in [5, 5.41) is 0. The predicted octanol–water partition coefficient (Wildman–Crippen LogP) is 4.04. The first-order chi connectivity index (χ1) is 8.02. The van der Waals surface area contributed by atoms with Crippen LogP contribution in [0.4, 0.5) is 0 Å². The van der Waals surface area contributed by atoms with Crippen LogP contribution in [0.2, 0.25) is 0 Å². The maximum atomic E-state index is 5.48. The first-order valence-corrected chi connectivity index (χ1v) is 7.20. The Morgan fingerprint density at radius 1 is 1.29 bits per heavy atom. The smallest absolute Gasteiger partial charge is 0.0496 e. The third-order valence-corrected chi connectivity index (χ3v) is 6.53. The predicted molar refractivity (Wildman–Crippen MR) is 70.8 cm³/mol. The van der Waals surface area contributed by atoms with Crippen molar-refractivity contribution in [2.45, 2.75) is 46.0 Å². The van der Waals surface area contributed by atoms with E-state index in [-0.39, 0.29) is 0 Å². The van der Waals surface area contributed by atoms with E-state index in [4.69, 9.17) is 4.74 Å². The van der Waals surface area contributed by atoms with Crippen LogP contribution in [-0.4, -0.2) is 13.7 Å². The van der Waals surface area contributed by atoms with E-state index in [1.807, 2.05) is 7.11 Å². The molecule has 1 spiro atoms. The second-order valence-corrected chi connectivity index (χ2v) is 7.20. The Morgan fingerprint density at radius 3 is 2.76 bits per heavy atom. The molecule has 0 heterocycles. The summed E-state index contributed by atoms with van der Waals surface area (Å²) in [6.45, 7) is 10.3. The normalized spacial score (nSPS) is 47.2. The Morgan fingerprint density at radius 2 is 2.06 bits per heavy atom. The van der Waals surface area contributed by atoms with Crippen LogP contribution < -0.4 is 0 Å². The van der Waals surface area contributed by atoms with Crippen LogP contribution in [-0.2, 0) is 4.74 Å². The van der Waals surface area contributed by atoms with Crippen LogP contribution in [0.1, 0.15) is 46.0 Å². The van der Waals surface area contributed by atoms with E-state index in [0.717, 1.165) is 24.4 Å². The molecule has 0 amide bonds. The summed E-state index contributed by atoms with van der Waals surface area (Å²) in [5.41, 5.74) is 2.52. The highest BCUT2D eigenvalue weighted by Gasteiger charge is 2.61. The van der Waals surface area contributed by atoms with Gasteiger partial charge in [0, 0.05) is 13.7 Å². The van der Waals surface area contributed by atoms with E-state index in [0.29, 0.717) is 10.8 Å². The summed E-state index contributed by atoms with van der Waals surface area (Å²) < 4.78 is 5.48. The lowest BCUT2D eigenvalue weighted by Crippen LogP contribution is -2.42.